The van der Waals surface area contributed by atoms with Crippen molar-refractivity contribution in [3.63, 3.8) is 0 Å². The van der Waals surface area contributed by atoms with Crippen LogP contribution >= 0.6 is 0 Å². The van der Waals surface area contributed by atoms with Crippen molar-refractivity contribution in [1.82, 2.24) is 10.3 Å². The molecule has 1 aromatic heterocycles. The molecule has 1 fully saturated rings. The standard InChI is InChI=1S/C14H20N2O2/c17-14-7-6-11-12(4-1-5-13(11)16-14)15-10-3-2-8-18-9-10/h6-7,10,12,15H,1-5,8-9H2,(H,16,17). The normalized spacial score (nSPS) is 27.8. The van der Waals surface area contributed by atoms with Crippen LogP contribution in [0.25, 0.3) is 0 Å². The summed E-state index contributed by atoms with van der Waals surface area (Å²) in [6.45, 7) is 1.71. The molecule has 2 N–H and O–H groups in total. The fourth-order valence-electron chi connectivity index (χ4n) is 3.03. The Hall–Kier alpha value is -1.13. The second kappa shape index (κ2) is 5.24. The van der Waals surface area contributed by atoms with E-state index in [9.17, 15) is 4.79 Å². The van der Waals surface area contributed by atoms with Crippen molar-refractivity contribution in [3.05, 3.63) is 33.7 Å². The molecule has 0 amide bonds. The van der Waals surface area contributed by atoms with Crippen LogP contribution in [0, 0.1) is 0 Å². The van der Waals surface area contributed by atoms with E-state index in [1.165, 1.54) is 12.0 Å². The number of aryl methyl sites for hydroxylation is 1. The summed E-state index contributed by atoms with van der Waals surface area (Å²) in [5.74, 6) is 0. The summed E-state index contributed by atoms with van der Waals surface area (Å²) >= 11 is 0. The fourth-order valence-corrected chi connectivity index (χ4v) is 3.03. The summed E-state index contributed by atoms with van der Waals surface area (Å²) < 4.78 is 5.51. The number of hydrogen-bond acceptors (Lipinski definition) is 3. The van der Waals surface area contributed by atoms with E-state index in [0.717, 1.165) is 44.6 Å². The minimum Gasteiger partial charge on any atom is -0.380 e. The minimum atomic E-state index is 0.00963. The molecule has 1 aliphatic heterocycles. The first kappa shape index (κ1) is 11.9. The Balaban J connectivity index is 1.76. The third-order valence-corrected chi connectivity index (χ3v) is 3.93. The molecule has 0 saturated carbocycles. The SMILES string of the molecule is O=c1ccc2c([nH]1)CCCC2NC1CCCOC1. The van der Waals surface area contributed by atoms with Gasteiger partial charge in [-0.15, -0.1) is 0 Å². The first-order chi connectivity index (χ1) is 8.83. The van der Waals surface area contributed by atoms with Crippen molar-refractivity contribution in [2.75, 3.05) is 13.2 Å². The van der Waals surface area contributed by atoms with Gasteiger partial charge in [-0.05, 0) is 37.7 Å². The summed E-state index contributed by atoms with van der Waals surface area (Å²) in [6.07, 6.45) is 5.61. The molecule has 2 atom stereocenters. The Morgan fingerprint density at radius 1 is 1.28 bits per heavy atom. The van der Waals surface area contributed by atoms with Gasteiger partial charge in [-0.1, -0.05) is 6.07 Å². The van der Waals surface area contributed by atoms with Gasteiger partial charge < -0.3 is 15.0 Å². The van der Waals surface area contributed by atoms with E-state index in [1.807, 2.05) is 6.07 Å². The molecule has 1 aliphatic carbocycles. The van der Waals surface area contributed by atoms with E-state index in [1.54, 1.807) is 6.07 Å². The third kappa shape index (κ3) is 2.49. The molecule has 1 saturated heterocycles. The molecule has 2 unspecified atom stereocenters. The molecule has 0 bridgehead atoms. The lowest BCUT2D eigenvalue weighted by Crippen LogP contribution is -2.40. The first-order valence-corrected chi connectivity index (χ1v) is 6.89. The van der Waals surface area contributed by atoms with Gasteiger partial charge in [0.2, 0.25) is 5.56 Å². The first-order valence-electron chi connectivity index (χ1n) is 6.89. The van der Waals surface area contributed by atoms with Gasteiger partial charge >= 0.3 is 0 Å². The van der Waals surface area contributed by atoms with Crippen LogP contribution in [-0.4, -0.2) is 24.2 Å². The van der Waals surface area contributed by atoms with E-state index in [0.29, 0.717) is 12.1 Å². The maximum atomic E-state index is 11.3. The van der Waals surface area contributed by atoms with E-state index >= 15 is 0 Å². The summed E-state index contributed by atoms with van der Waals surface area (Å²) in [5.41, 5.74) is 2.39. The van der Waals surface area contributed by atoms with Gasteiger partial charge in [-0.3, -0.25) is 4.79 Å². The topological polar surface area (TPSA) is 54.1 Å². The highest BCUT2D eigenvalue weighted by molar-refractivity contribution is 5.26. The van der Waals surface area contributed by atoms with E-state index < -0.39 is 0 Å². The average Bonchev–Trinajstić information content (AvgIpc) is 2.40. The summed E-state index contributed by atoms with van der Waals surface area (Å²) in [6, 6.07) is 4.45. The molecule has 0 spiro atoms. The molecule has 4 nitrogen and oxygen atoms in total. The van der Waals surface area contributed by atoms with Crippen LogP contribution in [0.5, 0.6) is 0 Å². The molecule has 3 rings (SSSR count). The molecule has 0 aromatic carbocycles. The molecule has 2 aliphatic rings. The largest absolute Gasteiger partial charge is 0.380 e. The van der Waals surface area contributed by atoms with Crippen molar-refractivity contribution in [1.29, 1.82) is 0 Å². The Morgan fingerprint density at radius 3 is 3.06 bits per heavy atom. The predicted molar refractivity (Wildman–Crippen MR) is 69.7 cm³/mol. The minimum absolute atomic E-state index is 0.00963. The van der Waals surface area contributed by atoms with Gasteiger partial charge in [-0.25, -0.2) is 0 Å². The van der Waals surface area contributed by atoms with Crippen molar-refractivity contribution in [2.24, 2.45) is 0 Å². The number of pyridine rings is 1. The van der Waals surface area contributed by atoms with Crippen LogP contribution in [0.1, 0.15) is 43.0 Å². The number of aromatic nitrogens is 1. The van der Waals surface area contributed by atoms with Gasteiger partial charge in [-0.2, -0.15) is 0 Å². The van der Waals surface area contributed by atoms with E-state index in [2.05, 4.69) is 10.3 Å². The molecule has 18 heavy (non-hydrogen) atoms. The van der Waals surface area contributed by atoms with E-state index in [-0.39, 0.29) is 5.56 Å². The van der Waals surface area contributed by atoms with Crippen LogP contribution in [0.3, 0.4) is 0 Å². The number of aromatic amines is 1. The zero-order chi connectivity index (χ0) is 12.4. The highest BCUT2D eigenvalue weighted by Gasteiger charge is 2.24. The smallest absolute Gasteiger partial charge is 0.248 e. The Kier molecular flexibility index (Phi) is 3.48. The lowest BCUT2D eigenvalue weighted by atomic mass is 9.90. The highest BCUT2D eigenvalue weighted by Crippen LogP contribution is 2.28. The van der Waals surface area contributed by atoms with Crippen LogP contribution in [0.2, 0.25) is 0 Å². The number of H-pyrrole nitrogens is 1. The average molecular weight is 248 g/mol. The number of hydrogen-bond donors (Lipinski definition) is 2. The Bertz CT molecular complexity index is 463. The summed E-state index contributed by atoms with van der Waals surface area (Å²) in [7, 11) is 0. The van der Waals surface area contributed by atoms with E-state index in [4.69, 9.17) is 4.74 Å². The lowest BCUT2D eigenvalue weighted by Gasteiger charge is -2.32. The Labute approximate surface area is 107 Å². The van der Waals surface area contributed by atoms with Crippen LogP contribution in [-0.2, 0) is 11.2 Å². The quantitative estimate of drug-likeness (QED) is 0.834. The van der Waals surface area contributed by atoms with Gasteiger partial charge in [0.25, 0.3) is 0 Å². The van der Waals surface area contributed by atoms with Crippen molar-refractivity contribution in [3.8, 4) is 0 Å². The maximum Gasteiger partial charge on any atom is 0.248 e. The van der Waals surface area contributed by atoms with Gasteiger partial charge in [0.05, 0.1) is 6.61 Å². The molecule has 1 aromatic rings. The molecule has 0 radical (unpaired) electrons. The van der Waals surface area contributed by atoms with Gasteiger partial charge in [0.1, 0.15) is 0 Å². The second-order valence-electron chi connectivity index (χ2n) is 5.28. The van der Waals surface area contributed by atoms with Crippen LogP contribution in [0.15, 0.2) is 16.9 Å². The number of fused-ring (bicyclic) bond motifs is 1. The van der Waals surface area contributed by atoms with Gasteiger partial charge in [0.15, 0.2) is 0 Å². The van der Waals surface area contributed by atoms with Crippen molar-refractivity contribution in [2.45, 2.75) is 44.2 Å². The predicted octanol–water partition coefficient (Wildman–Crippen LogP) is 1.52. The zero-order valence-electron chi connectivity index (χ0n) is 10.6. The molecular weight excluding hydrogens is 228 g/mol. The van der Waals surface area contributed by atoms with Crippen molar-refractivity contribution < 1.29 is 4.74 Å². The molecule has 98 valence electrons. The summed E-state index contributed by atoms with van der Waals surface area (Å²) in [5, 5.41) is 3.69. The number of nitrogens with one attached hydrogen (secondary N) is 2. The van der Waals surface area contributed by atoms with Gasteiger partial charge in [0, 0.05) is 30.5 Å². The van der Waals surface area contributed by atoms with Crippen LogP contribution < -0.4 is 10.9 Å². The van der Waals surface area contributed by atoms with Crippen molar-refractivity contribution >= 4 is 0 Å². The number of rotatable bonds is 2. The molecular formula is C14H20N2O2. The lowest BCUT2D eigenvalue weighted by molar-refractivity contribution is 0.0653. The molecule has 4 heteroatoms. The second-order valence-corrected chi connectivity index (χ2v) is 5.28. The molecule has 2 heterocycles. The Morgan fingerprint density at radius 2 is 2.22 bits per heavy atom. The fraction of sp³-hybridized carbons (Fsp3) is 0.643. The number of ether oxygens (including phenoxy) is 1. The maximum absolute atomic E-state index is 11.3. The third-order valence-electron chi connectivity index (χ3n) is 3.93. The monoisotopic (exact) mass is 248 g/mol. The van der Waals surface area contributed by atoms with Crippen LogP contribution in [0.4, 0.5) is 0 Å². The zero-order valence-corrected chi connectivity index (χ0v) is 10.6. The highest BCUT2D eigenvalue weighted by atomic mass is 16.5. The summed E-state index contributed by atoms with van der Waals surface area (Å²) in [4.78, 5) is 14.3.